The molecule has 1 atom stereocenters. The molecule has 1 fully saturated rings. The molecule has 0 spiro atoms. The van der Waals surface area contributed by atoms with Crippen LogP contribution in [-0.4, -0.2) is 47.3 Å². The van der Waals surface area contributed by atoms with Gasteiger partial charge in [0.1, 0.15) is 5.82 Å². The van der Waals surface area contributed by atoms with Crippen molar-refractivity contribution in [3.05, 3.63) is 42.2 Å². The molecule has 1 aromatic heterocycles. The minimum Gasteiger partial charge on any atom is -0.379 e. The number of hydrogen-bond acceptors (Lipinski definition) is 4. The maximum atomic E-state index is 6.03. The second kappa shape index (κ2) is 6.39. The molecule has 3 rings (SSSR count). The van der Waals surface area contributed by atoms with Crippen LogP contribution in [0.15, 0.2) is 36.5 Å². The molecule has 112 valence electrons. The highest BCUT2D eigenvalue weighted by Gasteiger charge is 2.24. The van der Waals surface area contributed by atoms with E-state index in [9.17, 15) is 0 Å². The highest BCUT2D eigenvalue weighted by atomic mass is 16.5. The molecule has 0 saturated carbocycles. The number of imidazole rings is 1. The molecule has 1 aromatic carbocycles. The molecule has 2 heterocycles. The molecule has 21 heavy (non-hydrogen) atoms. The first-order chi connectivity index (χ1) is 10.3. The van der Waals surface area contributed by atoms with E-state index in [1.54, 1.807) is 0 Å². The standard InChI is InChI=1S/C16H22N4O/c1-19-15(14(11-17)20-7-9-21-10-8-20)12-18-16(19)13-5-3-2-4-6-13/h2-6,12,14H,7-11,17H2,1H3. The van der Waals surface area contributed by atoms with Gasteiger partial charge in [0.2, 0.25) is 0 Å². The number of nitrogens with two attached hydrogens (primary N) is 1. The first-order valence-electron chi connectivity index (χ1n) is 7.40. The molecule has 5 nitrogen and oxygen atoms in total. The van der Waals surface area contributed by atoms with Crippen molar-refractivity contribution in [1.82, 2.24) is 14.5 Å². The first-order valence-corrected chi connectivity index (χ1v) is 7.40. The Morgan fingerprint density at radius 2 is 1.95 bits per heavy atom. The lowest BCUT2D eigenvalue weighted by Gasteiger charge is -2.33. The van der Waals surface area contributed by atoms with Crippen LogP contribution in [0.3, 0.4) is 0 Å². The number of benzene rings is 1. The Morgan fingerprint density at radius 3 is 2.62 bits per heavy atom. The minimum atomic E-state index is 0.198. The molecular weight excluding hydrogens is 264 g/mol. The van der Waals surface area contributed by atoms with E-state index in [1.165, 1.54) is 5.69 Å². The molecule has 0 radical (unpaired) electrons. The van der Waals surface area contributed by atoms with Crippen LogP contribution in [0, 0.1) is 0 Å². The third-order valence-electron chi connectivity index (χ3n) is 4.11. The van der Waals surface area contributed by atoms with Crippen molar-refractivity contribution >= 4 is 0 Å². The van der Waals surface area contributed by atoms with Crippen LogP contribution in [0.25, 0.3) is 11.4 Å². The van der Waals surface area contributed by atoms with Crippen LogP contribution in [0.4, 0.5) is 0 Å². The van der Waals surface area contributed by atoms with E-state index in [0.29, 0.717) is 6.54 Å². The van der Waals surface area contributed by atoms with Crippen molar-refractivity contribution in [1.29, 1.82) is 0 Å². The number of nitrogens with zero attached hydrogens (tertiary/aromatic N) is 3. The molecule has 0 bridgehead atoms. The Balaban J connectivity index is 1.89. The fourth-order valence-electron chi connectivity index (χ4n) is 2.93. The van der Waals surface area contributed by atoms with Crippen molar-refractivity contribution in [2.24, 2.45) is 12.8 Å². The van der Waals surface area contributed by atoms with Gasteiger partial charge in [0.25, 0.3) is 0 Å². The van der Waals surface area contributed by atoms with Gasteiger partial charge in [-0.1, -0.05) is 30.3 Å². The molecule has 2 N–H and O–H groups in total. The van der Waals surface area contributed by atoms with Crippen LogP contribution in [0.5, 0.6) is 0 Å². The van der Waals surface area contributed by atoms with Crippen LogP contribution in [-0.2, 0) is 11.8 Å². The molecule has 1 aliphatic heterocycles. The predicted octanol–water partition coefficient (Wildman–Crippen LogP) is 1.42. The molecule has 2 aromatic rings. The zero-order valence-electron chi connectivity index (χ0n) is 12.4. The average Bonchev–Trinajstić information content (AvgIpc) is 2.92. The molecular formula is C16H22N4O. The largest absolute Gasteiger partial charge is 0.379 e. The normalized spacial score (nSPS) is 17.8. The molecule has 1 unspecified atom stereocenters. The van der Waals surface area contributed by atoms with Crippen molar-refractivity contribution < 1.29 is 4.74 Å². The SMILES string of the molecule is Cn1c(C(CN)N2CCOCC2)cnc1-c1ccccc1. The molecule has 1 saturated heterocycles. The van der Waals surface area contributed by atoms with Crippen molar-refractivity contribution in [3.63, 3.8) is 0 Å². The summed E-state index contributed by atoms with van der Waals surface area (Å²) in [6.07, 6.45) is 1.95. The van der Waals surface area contributed by atoms with Gasteiger partial charge < -0.3 is 15.0 Å². The van der Waals surface area contributed by atoms with Crippen molar-refractivity contribution in [2.45, 2.75) is 6.04 Å². The van der Waals surface area contributed by atoms with E-state index in [1.807, 2.05) is 24.4 Å². The fraction of sp³-hybridized carbons (Fsp3) is 0.438. The number of morpholine rings is 1. The number of aromatic nitrogens is 2. The third-order valence-corrected chi connectivity index (χ3v) is 4.11. The minimum absolute atomic E-state index is 0.198. The van der Waals surface area contributed by atoms with Crippen molar-refractivity contribution in [2.75, 3.05) is 32.8 Å². The summed E-state index contributed by atoms with van der Waals surface area (Å²) in [4.78, 5) is 6.98. The van der Waals surface area contributed by atoms with E-state index in [0.717, 1.165) is 37.7 Å². The first kappa shape index (κ1) is 14.3. The lowest BCUT2D eigenvalue weighted by Crippen LogP contribution is -2.42. The topological polar surface area (TPSA) is 56.3 Å². The number of hydrogen-bond donors (Lipinski definition) is 1. The highest BCUT2D eigenvalue weighted by molar-refractivity contribution is 5.55. The van der Waals surface area contributed by atoms with E-state index in [4.69, 9.17) is 10.5 Å². The lowest BCUT2D eigenvalue weighted by atomic mass is 10.1. The smallest absolute Gasteiger partial charge is 0.139 e. The van der Waals surface area contributed by atoms with Gasteiger partial charge in [-0.05, 0) is 0 Å². The van der Waals surface area contributed by atoms with Crippen molar-refractivity contribution in [3.8, 4) is 11.4 Å². The Kier molecular flexibility index (Phi) is 4.34. The molecule has 0 amide bonds. The van der Waals surface area contributed by atoms with E-state index < -0.39 is 0 Å². The van der Waals surface area contributed by atoms with Gasteiger partial charge in [-0.3, -0.25) is 4.90 Å². The maximum Gasteiger partial charge on any atom is 0.139 e. The second-order valence-corrected chi connectivity index (χ2v) is 5.33. The number of rotatable bonds is 4. The Bertz CT molecular complexity index is 575. The summed E-state index contributed by atoms with van der Waals surface area (Å²) in [5, 5.41) is 0. The fourth-order valence-corrected chi connectivity index (χ4v) is 2.93. The van der Waals surface area contributed by atoms with E-state index in [2.05, 4.69) is 33.6 Å². The van der Waals surface area contributed by atoms with Gasteiger partial charge in [-0.15, -0.1) is 0 Å². The summed E-state index contributed by atoms with van der Waals surface area (Å²) in [7, 11) is 2.06. The van der Waals surface area contributed by atoms with Crippen LogP contribution >= 0.6 is 0 Å². The Morgan fingerprint density at radius 1 is 1.24 bits per heavy atom. The summed E-state index contributed by atoms with van der Waals surface area (Å²) in [5.41, 5.74) is 8.32. The van der Waals surface area contributed by atoms with E-state index in [-0.39, 0.29) is 6.04 Å². The van der Waals surface area contributed by atoms with Gasteiger partial charge in [0.15, 0.2) is 0 Å². The van der Waals surface area contributed by atoms with Gasteiger partial charge in [0.05, 0.1) is 31.1 Å². The zero-order valence-corrected chi connectivity index (χ0v) is 12.4. The Hall–Kier alpha value is -1.69. The second-order valence-electron chi connectivity index (χ2n) is 5.33. The number of ether oxygens (including phenoxy) is 1. The summed E-state index contributed by atoms with van der Waals surface area (Å²) < 4.78 is 7.59. The summed E-state index contributed by atoms with van der Waals surface area (Å²) in [5.74, 6) is 0.984. The highest BCUT2D eigenvalue weighted by Crippen LogP contribution is 2.25. The van der Waals surface area contributed by atoms with Gasteiger partial charge in [-0.2, -0.15) is 0 Å². The average molecular weight is 286 g/mol. The lowest BCUT2D eigenvalue weighted by molar-refractivity contribution is 0.0165. The Labute approximate surface area is 125 Å². The molecule has 5 heteroatoms. The zero-order chi connectivity index (χ0) is 14.7. The van der Waals surface area contributed by atoms with Crippen LogP contribution < -0.4 is 5.73 Å². The van der Waals surface area contributed by atoms with Gasteiger partial charge >= 0.3 is 0 Å². The monoisotopic (exact) mass is 286 g/mol. The van der Waals surface area contributed by atoms with E-state index >= 15 is 0 Å². The molecule has 0 aliphatic carbocycles. The quantitative estimate of drug-likeness (QED) is 0.923. The predicted molar refractivity (Wildman–Crippen MR) is 82.8 cm³/mol. The summed E-state index contributed by atoms with van der Waals surface area (Å²) >= 11 is 0. The summed E-state index contributed by atoms with van der Waals surface area (Å²) in [6.45, 7) is 4.00. The molecule has 1 aliphatic rings. The van der Waals surface area contributed by atoms with Gasteiger partial charge in [-0.25, -0.2) is 4.98 Å². The van der Waals surface area contributed by atoms with Crippen LogP contribution in [0.1, 0.15) is 11.7 Å². The van der Waals surface area contributed by atoms with Gasteiger partial charge in [0, 0.05) is 32.2 Å². The van der Waals surface area contributed by atoms with Crippen LogP contribution in [0.2, 0.25) is 0 Å². The maximum absolute atomic E-state index is 6.03. The third kappa shape index (κ3) is 2.85. The summed E-state index contributed by atoms with van der Waals surface area (Å²) in [6, 6.07) is 10.4.